The maximum absolute atomic E-state index is 14.0. The van der Waals surface area contributed by atoms with Crippen molar-refractivity contribution < 1.29 is 34.1 Å². The van der Waals surface area contributed by atoms with Gasteiger partial charge in [-0.05, 0) is 48.6 Å². The Morgan fingerprint density at radius 2 is 1.93 bits per heavy atom. The van der Waals surface area contributed by atoms with Crippen molar-refractivity contribution >= 4 is 35.1 Å². The quantitative estimate of drug-likeness (QED) is 0.198. The predicted molar refractivity (Wildman–Crippen MR) is 168 cm³/mol. The van der Waals surface area contributed by atoms with Gasteiger partial charge in [0.15, 0.2) is 5.60 Å². The van der Waals surface area contributed by atoms with E-state index in [1.54, 1.807) is 52.0 Å². The van der Waals surface area contributed by atoms with Gasteiger partial charge in [0, 0.05) is 56.2 Å². The molecule has 0 spiro atoms. The van der Waals surface area contributed by atoms with E-state index in [0.29, 0.717) is 62.4 Å². The molecular formula is C34H42N4O7. The van der Waals surface area contributed by atoms with E-state index in [4.69, 9.17) is 4.74 Å². The molecule has 2 aromatic carbocycles. The summed E-state index contributed by atoms with van der Waals surface area (Å²) >= 11 is 0. The lowest BCUT2D eigenvalue weighted by atomic mass is 9.82. The molecule has 0 saturated carbocycles. The average molecular weight is 619 g/mol. The molecule has 1 fully saturated rings. The summed E-state index contributed by atoms with van der Waals surface area (Å²) in [4.78, 5) is 56.4. The van der Waals surface area contributed by atoms with E-state index in [1.165, 1.54) is 7.11 Å². The van der Waals surface area contributed by atoms with Crippen LogP contribution in [-0.4, -0.2) is 84.7 Å². The van der Waals surface area contributed by atoms with Gasteiger partial charge in [0.2, 0.25) is 11.8 Å². The van der Waals surface area contributed by atoms with Gasteiger partial charge in [-0.3, -0.25) is 19.2 Å². The van der Waals surface area contributed by atoms with Gasteiger partial charge >= 0.3 is 5.97 Å². The summed E-state index contributed by atoms with van der Waals surface area (Å²) in [5, 5.41) is 25.2. The van der Waals surface area contributed by atoms with Crippen LogP contribution in [0.2, 0.25) is 0 Å². The molecule has 3 N–H and O–H groups in total. The molecule has 5 rings (SSSR count). The number of rotatable bonds is 11. The van der Waals surface area contributed by atoms with Crippen molar-refractivity contribution in [3.05, 3.63) is 71.3 Å². The molecule has 11 nitrogen and oxygen atoms in total. The number of hydrogen-bond donors (Lipinski definition) is 3. The highest BCUT2D eigenvalue weighted by molar-refractivity contribution is 6.08. The maximum Gasteiger partial charge on any atom is 0.305 e. The first kappa shape index (κ1) is 32.3. The third kappa shape index (κ3) is 6.51. The number of esters is 1. The second-order valence-electron chi connectivity index (χ2n) is 11.9. The van der Waals surface area contributed by atoms with E-state index < -0.39 is 17.4 Å². The Bertz CT molecular complexity index is 1480. The van der Waals surface area contributed by atoms with Gasteiger partial charge in [0.1, 0.15) is 0 Å². The fourth-order valence-electron chi connectivity index (χ4n) is 6.52. The third-order valence-corrected chi connectivity index (χ3v) is 9.16. The molecule has 45 heavy (non-hydrogen) atoms. The lowest BCUT2D eigenvalue weighted by molar-refractivity contribution is -0.140. The third-order valence-electron chi connectivity index (χ3n) is 9.16. The largest absolute Gasteiger partial charge is 0.469 e. The molecule has 3 heterocycles. The maximum atomic E-state index is 14.0. The van der Waals surface area contributed by atoms with Crippen LogP contribution in [-0.2, 0) is 42.5 Å². The predicted octanol–water partition coefficient (Wildman–Crippen LogP) is 2.03. The second kappa shape index (κ2) is 13.9. The highest BCUT2D eigenvalue weighted by atomic mass is 16.5. The molecule has 11 heteroatoms. The summed E-state index contributed by atoms with van der Waals surface area (Å²) < 4.78 is 4.72. The van der Waals surface area contributed by atoms with Gasteiger partial charge < -0.3 is 35.0 Å². The topological polar surface area (TPSA) is 140 Å². The minimum Gasteiger partial charge on any atom is -0.469 e. The molecule has 3 aliphatic heterocycles. The number of benzene rings is 2. The SMILES string of the molecule is COC(=O)CCCCN1C(=O)[C@](O)([C@H](C)/C=C/CC(=O)N2Cc3ccccc3C[C@H]2CO)c2cc(N3CCNCC3=O)ccc21. The normalized spacial score (nSPS) is 22.0. The van der Waals surface area contributed by atoms with Crippen LogP contribution in [0.5, 0.6) is 0 Å². The molecule has 0 bridgehead atoms. The Morgan fingerprint density at radius 3 is 2.67 bits per heavy atom. The van der Waals surface area contributed by atoms with Crippen LogP contribution in [0.4, 0.5) is 11.4 Å². The summed E-state index contributed by atoms with van der Waals surface area (Å²) in [7, 11) is 1.34. The minimum absolute atomic E-state index is 0.0483. The van der Waals surface area contributed by atoms with Crippen LogP contribution in [0.15, 0.2) is 54.6 Å². The fourth-order valence-corrected chi connectivity index (χ4v) is 6.52. The van der Waals surface area contributed by atoms with Crippen LogP contribution >= 0.6 is 0 Å². The number of methoxy groups -OCH3 is 1. The summed E-state index contributed by atoms with van der Waals surface area (Å²) in [5.41, 5.74) is 1.82. The number of nitrogens with one attached hydrogen (secondary N) is 1. The van der Waals surface area contributed by atoms with Gasteiger partial charge in [-0.25, -0.2) is 0 Å². The fraction of sp³-hybridized carbons (Fsp3) is 0.471. The molecule has 0 aliphatic carbocycles. The lowest BCUT2D eigenvalue weighted by Gasteiger charge is -2.36. The number of aliphatic hydroxyl groups is 2. The van der Waals surface area contributed by atoms with Crippen molar-refractivity contribution in [1.29, 1.82) is 0 Å². The summed E-state index contributed by atoms with van der Waals surface area (Å²) in [5.74, 6) is -1.76. The zero-order valence-electron chi connectivity index (χ0n) is 25.9. The summed E-state index contributed by atoms with van der Waals surface area (Å²) in [6, 6.07) is 12.9. The van der Waals surface area contributed by atoms with Crippen LogP contribution in [0.25, 0.3) is 0 Å². The van der Waals surface area contributed by atoms with Crippen LogP contribution in [0.3, 0.4) is 0 Å². The molecule has 2 aromatic rings. The molecule has 3 aliphatic rings. The Balaban J connectivity index is 1.36. The van der Waals surface area contributed by atoms with E-state index >= 15 is 0 Å². The summed E-state index contributed by atoms with van der Waals surface area (Å²) in [6.07, 6.45) is 5.27. The van der Waals surface area contributed by atoms with Gasteiger partial charge in [-0.15, -0.1) is 0 Å². The molecular weight excluding hydrogens is 576 g/mol. The Morgan fingerprint density at radius 1 is 1.16 bits per heavy atom. The molecule has 3 atom stereocenters. The van der Waals surface area contributed by atoms with E-state index in [2.05, 4.69) is 5.32 Å². The number of nitrogens with zero attached hydrogens (tertiary/aromatic N) is 3. The average Bonchev–Trinajstić information content (AvgIpc) is 3.27. The second-order valence-corrected chi connectivity index (χ2v) is 11.9. The van der Waals surface area contributed by atoms with Crippen LogP contribution < -0.4 is 15.1 Å². The number of carbonyl (C=O) groups excluding carboxylic acids is 4. The zero-order chi connectivity index (χ0) is 32.1. The Kier molecular flexibility index (Phi) is 10.0. The van der Waals surface area contributed by atoms with E-state index in [9.17, 15) is 29.4 Å². The van der Waals surface area contributed by atoms with Crippen LogP contribution in [0, 0.1) is 5.92 Å². The first-order chi connectivity index (χ1) is 21.7. The van der Waals surface area contributed by atoms with Gasteiger partial charge in [0.25, 0.3) is 5.91 Å². The van der Waals surface area contributed by atoms with Crippen molar-refractivity contribution in [3.8, 4) is 0 Å². The highest BCUT2D eigenvalue weighted by Gasteiger charge is 2.52. The zero-order valence-corrected chi connectivity index (χ0v) is 25.9. The van der Waals surface area contributed by atoms with Crippen molar-refractivity contribution in [2.75, 3.05) is 49.7 Å². The molecule has 1 saturated heterocycles. The number of unbranched alkanes of at least 4 members (excludes halogenated alkanes) is 1. The number of anilines is 2. The van der Waals surface area contributed by atoms with Crippen molar-refractivity contribution in [2.45, 2.75) is 57.2 Å². The van der Waals surface area contributed by atoms with E-state index in [-0.39, 0.29) is 49.8 Å². The number of fused-ring (bicyclic) bond motifs is 2. The van der Waals surface area contributed by atoms with E-state index in [1.807, 2.05) is 24.3 Å². The number of aliphatic hydroxyl groups excluding tert-OH is 1. The molecule has 0 radical (unpaired) electrons. The van der Waals surface area contributed by atoms with Crippen LogP contribution in [0.1, 0.15) is 49.3 Å². The number of piperazine rings is 1. The summed E-state index contributed by atoms with van der Waals surface area (Å²) in [6.45, 7) is 3.61. The highest BCUT2D eigenvalue weighted by Crippen LogP contribution is 2.47. The Labute approximate surface area is 263 Å². The number of carbonyl (C=O) groups is 4. The monoisotopic (exact) mass is 618 g/mol. The Hall–Kier alpha value is -4.06. The standard InChI is InChI=1S/C34H42N4O7/c1-23(8-7-11-30(40)38-21-25-10-4-3-9-24(25)18-27(38)22-39)34(44)28-19-26(36-17-15-35-20-31(36)41)13-14-29(28)37(33(34)43)16-6-5-12-32(42)45-2/h3-4,7-10,13-14,19,23,27,35,39,44H,5-6,11-12,15-18,20-22H2,1-2H3/b8-7+/t23-,27+,34+/m1/s1. The minimum atomic E-state index is -1.93. The molecule has 0 aromatic heterocycles. The van der Waals surface area contributed by atoms with Gasteiger partial charge in [-0.1, -0.05) is 43.3 Å². The number of ether oxygens (including phenoxy) is 1. The molecule has 0 unspecified atom stereocenters. The van der Waals surface area contributed by atoms with Crippen molar-refractivity contribution in [2.24, 2.45) is 5.92 Å². The first-order valence-corrected chi connectivity index (χ1v) is 15.6. The van der Waals surface area contributed by atoms with E-state index in [0.717, 1.165) is 11.1 Å². The lowest BCUT2D eigenvalue weighted by Crippen LogP contribution is -2.48. The van der Waals surface area contributed by atoms with Crippen molar-refractivity contribution in [3.63, 3.8) is 0 Å². The molecule has 3 amide bonds. The first-order valence-electron chi connectivity index (χ1n) is 15.6. The van der Waals surface area contributed by atoms with Gasteiger partial charge in [0.05, 0.1) is 32.0 Å². The number of hydrogen-bond acceptors (Lipinski definition) is 8. The number of amides is 3. The van der Waals surface area contributed by atoms with Crippen molar-refractivity contribution in [1.82, 2.24) is 10.2 Å². The molecule has 240 valence electrons. The smallest absolute Gasteiger partial charge is 0.305 e. The van der Waals surface area contributed by atoms with Gasteiger partial charge in [-0.2, -0.15) is 0 Å².